The summed E-state index contributed by atoms with van der Waals surface area (Å²) in [4.78, 5) is 17.0. The number of rotatable bonds is 8. The summed E-state index contributed by atoms with van der Waals surface area (Å²) < 4.78 is 7.09. The molecule has 0 spiro atoms. The van der Waals surface area contributed by atoms with Gasteiger partial charge >= 0.3 is 0 Å². The number of unbranched alkanes of at least 4 members (excludes halogenated alkanes) is 2. The fourth-order valence-corrected chi connectivity index (χ4v) is 2.44. The largest absolute Gasteiger partial charge is 0.493 e. The number of aromatic nitrogens is 2. The van der Waals surface area contributed by atoms with Crippen LogP contribution in [0.1, 0.15) is 42.4 Å². The molecule has 0 radical (unpaired) electrons. The number of nitrogens with zero attached hydrogens (tertiary/aromatic N) is 2. The van der Waals surface area contributed by atoms with Gasteiger partial charge in [-0.3, -0.25) is 9.20 Å². The summed E-state index contributed by atoms with van der Waals surface area (Å²) in [5.41, 5.74) is 1.99. The fraction of sp³-hybridized carbons (Fsp3) is 0.500. The molecule has 0 fully saturated rings. The Hall–Kier alpha value is -2.08. The average molecular weight is 305 g/mol. The molecule has 0 aliphatic heterocycles. The Labute approximate surface area is 130 Å². The lowest BCUT2D eigenvalue weighted by molar-refractivity contribution is 0.0946. The van der Waals surface area contributed by atoms with Crippen molar-refractivity contribution < 1.29 is 14.6 Å². The molecule has 0 aliphatic rings. The summed E-state index contributed by atoms with van der Waals surface area (Å²) >= 11 is 0. The van der Waals surface area contributed by atoms with Crippen LogP contribution in [0.5, 0.6) is 5.75 Å². The maximum absolute atomic E-state index is 12.5. The van der Waals surface area contributed by atoms with E-state index in [2.05, 4.69) is 10.3 Å². The third-order valence-electron chi connectivity index (χ3n) is 3.58. The van der Waals surface area contributed by atoms with Gasteiger partial charge < -0.3 is 15.2 Å². The summed E-state index contributed by atoms with van der Waals surface area (Å²) in [6.45, 7) is 2.77. The highest BCUT2D eigenvalue weighted by molar-refractivity contribution is 5.95. The summed E-state index contributed by atoms with van der Waals surface area (Å²) in [7, 11) is 1.59. The van der Waals surface area contributed by atoms with Crippen molar-refractivity contribution in [3.05, 3.63) is 29.7 Å². The highest BCUT2D eigenvalue weighted by Gasteiger charge is 2.19. The van der Waals surface area contributed by atoms with Crippen LogP contribution in [0.25, 0.3) is 5.65 Å². The number of aryl methyl sites for hydroxylation is 1. The molecule has 6 nitrogen and oxygen atoms in total. The topological polar surface area (TPSA) is 75.9 Å². The number of fused-ring (bicyclic) bond motifs is 1. The Morgan fingerprint density at radius 2 is 2.23 bits per heavy atom. The molecular weight excluding hydrogens is 282 g/mol. The van der Waals surface area contributed by atoms with Crippen molar-refractivity contribution in [1.82, 2.24) is 14.7 Å². The highest BCUT2D eigenvalue weighted by Crippen LogP contribution is 2.22. The van der Waals surface area contributed by atoms with Crippen LogP contribution < -0.4 is 10.1 Å². The first-order valence-electron chi connectivity index (χ1n) is 7.65. The molecule has 1 amide bonds. The Morgan fingerprint density at radius 1 is 1.41 bits per heavy atom. The fourth-order valence-electron chi connectivity index (χ4n) is 2.44. The average Bonchev–Trinajstić information content (AvgIpc) is 2.93. The van der Waals surface area contributed by atoms with Gasteiger partial charge in [-0.1, -0.05) is 6.92 Å². The zero-order chi connectivity index (χ0) is 15.9. The number of imidazole rings is 1. The van der Waals surface area contributed by atoms with Crippen LogP contribution >= 0.6 is 0 Å². The van der Waals surface area contributed by atoms with E-state index in [0.717, 1.165) is 25.0 Å². The van der Waals surface area contributed by atoms with Crippen LogP contribution in [0.15, 0.2) is 18.3 Å². The van der Waals surface area contributed by atoms with E-state index < -0.39 is 0 Å². The number of nitrogens with one attached hydrogen (secondary N) is 1. The van der Waals surface area contributed by atoms with Gasteiger partial charge in [0.05, 0.1) is 12.8 Å². The van der Waals surface area contributed by atoms with Crippen molar-refractivity contribution in [2.45, 2.75) is 32.6 Å². The van der Waals surface area contributed by atoms with Gasteiger partial charge in [-0.2, -0.15) is 0 Å². The quantitative estimate of drug-likeness (QED) is 0.729. The van der Waals surface area contributed by atoms with Crippen LogP contribution in [0, 0.1) is 0 Å². The highest BCUT2D eigenvalue weighted by atomic mass is 16.5. The van der Waals surface area contributed by atoms with Crippen molar-refractivity contribution in [1.29, 1.82) is 0 Å². The second kappa shape index (κ2) is 7.79. The van der Waals surface area contributed by atoms with Crippen molar-refractivity contribution in [2.24, 2.45) is 0 Å². The monoisotopic (exact) mass is 305 g/mol. The number of aliphatic hydroxyl groups is 1. The molecule has 120 valence electrons. The molecular formula is C16H23N3O3. The molecule has 0 unspecified atom stereocenters. The van der Waals surface area contributed by atoms with Gasteiger partial charge in [0.15, 0.2) is 11.4 Å². The second-order valence-electron chi connectivity index (χ2n) is 5.07. The van der Waals surface area contributed by atoms with Crippen LogP contribution in [0.3, 0.4) is 0 Å². The van der Waals surface area contributed by atoms with Crippen molar-refractivity contribution in [3.63, 3.8) is 0 Å². The third-order valence-corrected chi connectivity index (χ3v) is 3.58. The first-order chi connectivity index (χ1) is 10.7. The smallest absolute Gasteiger partial charge is 0.270 e. The van der Waals surface area contributed by atoms with E-state index >= 15 is 0 Å². The van der Waals surface area contributed by atoms with Crippen molar-refractivity contribution in [3.8, 4) is 5.75 Å². The molecule has 2 rings (SSSR count). The van der Waals surface area contributed by atoms with E-state index in [4.69, 9.17) is 9.84 Å². The number of hydrogen-bond acceptors (Lipinski definition) is 4. The normalized spacial score (nSPS) is 10.9. The number of aliphatic hydroxyl groups excluding tert-OH is 1. The van der Waals surface area contributed by atoms with Gasteiger partial charge in [0.1, 0.15) is 5.69 Å². The Bertz CT molecular complexity index is 637. The molecule has 2 heterocycles. The number of ether oxygens (including phenoxy) is 1. The molecule has 2 N–H and O–H groups in total. The zero-order valence-electron chi connectivity index (χ0n) is 13.1. The minimum Gasteiger partial charge on any atom is -0.493 e. The Kier molecular flexibility index (Phi) is 5.77. The van der Waals surface area contributed by atoms with Crippen molar-refractivity contribution in [2.75, 3.05) is 20.3 Å². The van der Waals surface area contributed by atoms with E-state index in [-0.39, 0.29) is 12.5 Å². The Morgan fingerprint density at radius 3 is 2.91 bits per heavy atom. The lowest BCUT2D eigenvalue weighted by Gasteiger charge is -2.07. The summed E-state index contributed by atoms with van der Waals surface area (Å²) in [6.07, 6.45) is 5.03. The summed E-state index contributed by atoms with van der Waals surface area (Å²) in [5.74, 6) is 0.529. The van der Waals surface area contributed by atoms with Gasteiger partial charge in [0, 0.05) is 19.3 Å². The maximum Gasteiger partial charge on any atom is 0.270 e. The maximum atomic E-state index is 12.5. The summed E-state index contributed by atoms with van der Waals surface area (Å²) in [6, 6.07) is 3.67. The van der Waals surface area contributed by atoms with Gasteiger partial charge in [-0.05, 0) is 37.8 Å². The molecule has 0 atom stereocenters. The van der Waals surface area contributed by atoms with E-state index in [0.29, 0.717) is 30.1 Å². The number of pyridine rings is 1. The van der Waals surface area contributed by atoms with Gasteiger partial charge in [0.25, 0.3) is 5.91 Å². The number of hydrogen-bond donors (Lipinski definition) is 2. The molecule has 0 aromatic carbocycles. The van der Waals surface area contributed by atoms with Crippen LogP contribution in [-0.4, -0.2) is 40.7 Å². The zero-order valence-corrected chi connectivity index (χ0v) is 13.1. The number of carbonyl (C=O) groups is 1. The number of amides is 1. The molecule has 2 aromatic heterocycles. The van der Waals surface area contributed by atoms with E-state index in [1.807, 2.05) is 25.3 Å². The van der Waals surface area contributed by atoms with E-state index in [1.54, 1.807) is 11.5 Å². The van der Waals surface area contributed by atoms with Crippen LogP contribution in [0.2, 0.25) is 0 Å². The molecule has 2 aromatic rings. The second-order valence-corrected chi connectivity index (χ2v) is 5.07. The molecule has 0 saturated heterocycles. The molecule has 0 bridgehead atoms. The first kappa shape index (κ1) is 16.3. The first-order valence-corrected chi connectivity index (χ1v) is 7.65. The number of carbonyl (C=O) groups excluding carboxylic acids is 1. The van der Waals surface area contributed by atoms with Crippen LogP contribution in [-0.2, 0) is 6.42 Å². The van der Waals surface area contributed by atoms with E-state index in [1.165, 1.54) is 0 Å². The number of methoxy groups -OCH3 is 1. The molecule has 22 heavy (non-hydrogen) atoms. The third kappa shape index (κ3) is 3.39. The van der Waals surface area contributed by atoms with Gasteiger partial charge in [-0.25, -0.2) is 4.98 Å². The minimum absolute atomic E-state index is 0.124. The van der Waals surface area contributed by atoms with E-state index in [9.17, 15) is 4.79 Å². The van der Waals surface area contributed by atoms with Crippen molar-refractivity contribution >= 4 is 11.6 Å². The molecule has 0 aliphatic carbocycles. The van der Waals surface area contributed by atoms with Gasteiger partial charge in [-0.15, -0.1) is 0 Å². The SMILES string of the molecule is CCc1nc2c(OC)cccn2c1C(=O)NCCCCCO. The summed E-state index contributed by atoms with van der Waals surface area (Å²) in [5, 5.41) is 11.7. The standard InChI is InChI=1S/C16H23N3O3/c1-3-12-14(16(21)17-9-5-4-6-11-20)19-10-7-8-13(22-2)15(19)18-12/h7-8,10,20H,3-6,9,11H2,1-2H3,(H,17,21). The molecule has 6 heteroatoms. The predicted octanol–water partition coefficient (Wildman–Crippen LogP) is 1.80. The Balaban J connectivity index is 2.20. The predicted molar refractivity (Wildman–Crippen MR) is 84.4 cm³/mol. The van der Waals surface area contributed by atoms with Crippen LogP contribution in [0.4, 0.5) is 0 Å². The lowest BCUT2D eigenvalue weighted by Crippen LogP contribution is -2.26. The minimum atomic E-state index is -0.124. The lowest BCUT2D eigenvalue weighted by atomic mass is 10.2. The molecule has 0 saturated carbocycles. The van der Waals surface area contributed by atoms with Gasteiger partial charge in [0.2, 0.25) is 0 Å².